The Bertz CT molecular complexity index is 272. The standard InChI is InChI=1S/C15H28N2O/c1-11(2)12-5-3-7-14(9-12)17-15(18)13-6-4-8-16-10-13/h11-14,16H,3-10H2,1-2H3,(H,17,18). The number of piperidine rings is 1. The molecule has 1 heterocycles. The quantitative estimate of drug-likeness (QED) is 0.809. The lowest BCUT2D eigenvalue weighted by atomic mass is 9.79. The molecule has 0 bridgehead atoms. The molecular weight excluding hydrogens is 224 g/mol. The summed E-state index contributed by atoms with van der Waals surface area (Å²) in [6.07, 6.45) is 7.17. The highest BCUT2D eigenvalue weighted by molar-refractivity contribution is 5.79. The van der Waals surface area contributed by atoms with E-state index in [1.807, 2.05) is 0 Å². The zero-order valence-electron chi connectivity index (χ0n) is 11.9. The second-order valence-electron chi connectivity index (χ2n) is 6.42. The molecule has 2 fully saturated rings. The number of hydrogen-bond donors (Lipinski definition) is 2. The number of carbonyl (C=O) groups is 1. The predicted octanol–water partition coefficient (Wildman–Crippen LogP) is 2.32. The van der Waals surface area contributed by atoms with Crippen LogP contribution in [0.1, 0.15) is 52.4 Å². The number of carbonyl (C=O) groups excluding carboxylic acids is 1. The molecule has 104 valence electrons. The monoisotopic (exact) mass is 252 g/mol. The van der Waals surface area contributed by atoms with Crippen LogP contribution in [0.25, 0.3) is 0 Å². The van der Waals surface area contributed by atoms with E-state index in [0.29, 0.717) is 6.04 Å². The van der Waals surface area contributed by atoms with Gasteiger partial charge in [-0.25, -0.2) is 0 Å². The molecule has 1 saturated carbocycles. The average molecular weight is 252 g/mol. The number of nitrogens with one attached hydrogen (secondary N) is 2. The third-order valence-corrected chi connectivity index (χ3v) is 4.67. The molecule has 2 N–H and O–H groups in total. The van der Waals surface area contributed by atoms with Crippen LogP contribution in [0.4, 0.5) is 0 Å². The molecule has 3 unspecified atom stereocenters. The molecule has 0 aromatic heterocycles. The summed E-state index contributed by atoms with van der Waals surface area (Å²) in [6.45, 7) is 6.55. The summed E-state index contributed by atoms with van der Waals surface area (Å²) in [5.41, 5.74) is 0. The van der Waals surface area contributed by atoms with Gasteiger partial charge in [0.1, 0.15) is 0 Å². The van der Waals surface area contributed by atoms with Gasteiger partial charge in [-0.2, -0.15) is 0 Å². The number of amides is 1. The third-order valence-electron chi connectivity index (χ3n) is 4.67. The van der Waals surface area contributed by atoms with Crippen LogP contribution in [-0.2, 0) is 4.79 Å². The van der Waals surface area contributed by atoms with Crippen molar-refractivity contribution in [3.05, 3.63) is 0 Å². The first kappa shape index (κ1) is 13.9. The van der Waals surface area contributed by atoms with E-state index in [1.54, 1.807) is 0 Å². The largest absolute Gasteiger partial charge is 0.353 e. The third kappa shape index (κ3) is 3.71. The van der Waals surface area contributed by atoms with Crippen LogP contribution in [0.15, 0.2) is 0 Å². The fourth-order valence-electron chi connectivity index (χ4n) is 3.36. The molecule has 1 aliphatic heterocycles. The van der Waals surface area contributed by atoms with Gasteiger partial charge in [0.05, 0.1) is 5.92 Å². The minimum absolute atomic E-state index is 0.207. The molecule has 3 heteroatoms. The molecule has 18 heavy (non-hydrogen) atoms. The van der Waals surface area contributed by atoms with Gasteiger partial charge in [-0.15, -0.1) is 0 Å². The topological polar surface area (TPSA) is 41.1 Å². The van der Waals surface area contributed by atoms with Gasteiger partial charge < -0.3 is 10.6 Å². The highest BCUT2D eigenvalue weighted by Gasteiger charge is 2.28. The van der Waals surface area contributed by atoms with Crippen LogP contribution < -0.4 is 10.6 Å². The van der Waals surface area contributed by atoms with Crippen molar-refractivity contribution in [1.82, 2.24) is 10.6 Å². The van der Waals surface area contributed by atoms with E-state index in [1.165, 1.54) is 25.7 Å². The summed E-state index contributed by atoms with van der Waals surface area (Å²) in [4.78, 5) is 12.2. The van der Waals surface area contributed by atoms with Gasteiger partial charge in [0.2, 0.25) is 5.91 Å². The molecule has 0 spiro atoms. The van der Waals surface area contributed by atoms with Gasteiger partial charge >= 0.3 is 0 Å². The Balaban J connectivity index is 1.79. The highest BCUT2D eigenvalue weighted by atomic mass is 16.2. The molecule has 3 atom stereocenters. The summed E-state index contributed by atoms with van der Waals surface area (Å²) in [7, 11) is 0. The van der Waals surface area contributed by atoms with Crippen molar-refractivity contribution >= 4 is 5.91 Å². The van der Waals surface area contributed by atoms with Crippen LogP contribution in [0, 0.1) is 17.8 Å². The summed E-state index contributed by atoms with van der Waals surface area (Å²) >= 11 is 0. The Labute approximate surface area is 111 Å². The zero-order valence-corrected chi connectivity index (χ0v) is 11.9. The van der Waals surface area contributed by atoms with Crippen LogP contribution in [0.5, 0.6) is 0 Å². The molecule has 3 nitrogen and oxygen atoms in total. The Morgan fingerprint density at radius 1 is 1.22 bits per heavy atom. The van der Waals surface area contributed by atoms with E-state index < -0.39 is 0 Å². The van der Waals surface area contributed by atoms with Crippen LogP contribution in [0.2, 0.25) is 0 Å². The Morgan fingerprint density at radius 2 is 2.06 bits per heavy atom. The van der Waals surface area contributed by atoms with Gasteiger partial charge in [0.25, 0.3) is 0 Å². The van der Waals surface area contributed by atoms with E-state index >= 15 is 0 Å². The van der Waals surface area contributed by atoms with Crippen LogP contribution >= 0.6 is 0 Å². The predicted molar refractivity (Wildman–Crippen MR) is 74.3 cm³/mol. The van der Waals surface area contributed by atoms with Crippen molar-refractivity contribution < 1.29 is 4.79 Å². The normalized spacial score (nSPS) is 33.4. The first-order valence-corrected chi connectivity index (χ1v) is 7.68. The average Bonchev–Trinajstić information content (AvgIpc) is 2.40. The first-order valence-electron chi connectivity index (χ1n) is 7.68. The van der Waals surface area contributed by atoms with Crippen molar-refractivity contribution in [3.63, 3.8) is 0 Å². The maximum Gasteiger partial charge on any atom is 0.224 e. The van der Waals surface area contributed by atoms with E-state index in [2.05, 4.69) is 24.5 Å². The SMILES string of the molecule is CC(C)C1CCCC(NC(=O)C2CCCNC2)C1. The lowest BCUT2D eigenvalue weighted by Gasteiger charge is -2.33. The van der Waals surface area contributed by atoms with E-state index in [0.717, 1.165) is 37.8 Å². The van der Waals surface area contributed by atoms with Crippen molar-refractivity contribution in [1.29, 1.82) is 0 Å². The molecule has 1 saturated heterocycles. The van der Waals surface area contributed by atoms with Gasteiger partial charge in [-0.1, -0.05) is 26.7 Å². The summed E-state index contributed by atoms with van der Waals surface area (Å²) < 4.78 is 0. The summed E-state index contributed by atoms with van der Waals surface area (Å²) in [5, 5.41) is 6.61. The van der Waals surface area contributed by atoms with E-state index in [9.17, 15) is 4.79 Å². The van der Waals surface area contributed by atoms with E-state index in [-0.39, 0.29) is 11.8 Å². The second-order valence-corrected chi connectivity index (χ2v) is 6.42. The second kappa shape index (κ2) is 6.55. The molecule has 2 rings (SSSR count). The Morgan fingerprint density at radius 3 is 2.72 bits per heavy atom. The lowest BCUT2D eigenvalue weighted by molar-refractivity contribution is -0.126. The number of rotatable bonds is 3. The molecule has 0 aromatic rings. The van der Waals surface area contributed by atoms with Gasteiger partial charge in [0, 0.05) is 12.6 Å². The highest BCUT2D eigenvalue weighted by Crippen LogP contribution is 2.30. The smallest absolute Gasteiger partial charge is 0.224 e. The summed E-state index contributed by atoms with van der Waals surface area (Å²) in [6, 6.07) is 0.431. The Kier molecular flexibility index (Phi) is 5.04. The molecule has 1 amide bonds. The fraction of sp³-hybridized carbons (Fsp3) is 0.933. The van der Waals surface area contributed by atoms with E-state index in [4.69, 9.17) is 0 Å². The first-order chi connectivity index (χ1) is 8.66. The maximum absolute atomic E-state index is 12.2. The fourth-order valence-corrected chi connectivity index (χ4v) is 3.36. The van der Waals surface area contributed by atoms with Gasteiger partial charge in [0.15, 0.2) is 0 Å². The van der Waals surface area contributed by atoms with Gasteiger partial charge in [-0.3, -0.25) is 4.79 Å². The number of hydrogen-bond acceptors (Lipinski definition) is 2. The van der Waals surface area contributed by atoms with Crippen molar-refractivity contribution in [2.45, 2.75) is 58.4 Å². The van der Waals surface area contributed by atoms with Crippen molar-refractivity contribution in [2.24, 2.45) is 17.8 Å². The minimum atomic E-state index is 0.207. The van der Waals surface area contributed by atoms with Gasteiger partial charge in [-0.05, 0) is 44.1 Å². The molecular formula is C15H28N2O. The van der Waals surface area contributed by atoms with Crippen LogP contribution in [0.3, 0.4) is 0 Å². The zero-order chi connectivity index (χ0) is 13.0. The summed E-state index contributed by atoms with van der Waals surface area (Å²) in [5.74, 6) is 2.05. The van der Waals surface area contributed by atoms with Crippen molar-refractivity contribution in [2.75, 3.05) is 13.1 Å². The molecule has 1 aliphatic carbocycles. The lowest BCUT2D eigenvalue weighted by Crippen LogP contribution is -2.46. The minimum Gasteiger partial charge on any atom is -0.353 e. The maximum atomic E-state index is 12.2. The molecule has 0 aromatic carbocycles. The molecule has 0 radical (unpaired) electrons. The van der Waals surface area contributed by atoms with Crippen molar-refractivity contribution in [3.8, 4) is 0 Å². The Hall–Kier alpha value is -0.570. The molecule has 2 aliphatic rings. The van der Waals surface area contributed by atoms with Crippen LogP contribution in [-0.4, -0.2) is 25.0 Å².